The summed E-state index contributed by atoms with van der Waals surface area (Å²) in [4.78, 5) is 11.7. The van der Waals surface area contributed by atoms with Gasteiger partial charge in [-0.15, -0.1) is 0 Å². The van der Waals surface area contributed by atoms with E-state index in [1.165, 1.54) is 28.6 Å². The third kappa shape index (κ3) is 2.94. The first kappa shape index (κ1) is 14.8. The predicted molar refractivity (Wildman–Crippen MR) is 73.7 cm³/mol. The van der Waals surface area contributed by atoms with E-state index < -0.39 is 10.0 Å². The Labute approximate surface area is 118 Å². The third-order valence-corrected chi connectivity index (χ3v) is 5.32. The zero-order chi connectivity index (χ0) is 14.8. The number of rotatable bonds is 3. The van der Waals surface area contributed by atoms with Crippen LogP contribution in [0, 0.1) is 5.92 Å². The Hall–Kier alpha value is -1.60. The Morgan fingerprint density at radius 2 is 2.20 bits per heavy atom. The zero-order valence-electron chi connectivity index (χ0n) is 11.2. The van der Waals surface area contributed by atoms with Crippen molar-refractivity contribution in [2.45, 2.75) is 17.7 Å². The van der Waals surface area contributed by atoms with Crippen LogP contribution in [0.5, 0.6) is 5.75 Å². The van der Waals surface area contributed by atoms with Gasteiger partial charge < -0.3 is 10.4 Å². The Bertz CT molecular complexity index is 600. The minimum absolute atomic E-state index is 0.0510. The molecule has 0 bridgehead atoms. The number of nitrogens with zero attached hydrogens (tertiary/aromatic N) is 1. The summed E-state index contributed by atoms with van der Waals surface area (Å²) in [5.41, 5.74) is 0. The lowest BCUT2D eigenvalue weighted by Crippen LogP contribution is -2.44. The third-order valence-electron chi connectivity index (χ3n) is 3.46. The molecule has 110 valence electrons. The molecule has 1 aliphatic heterocycles. The second-order valence-corrected chi connectivity index (χ2v) is 6.75. The van der Waals surface area contributed by atoms with Crippen molar-refractivity contribution in [3.05, 3.63) is 24.3 Å². The Kier molecular flexibility index (Phi) is 4.29. The molecule has 0 aliphatic carbocycles. The molecule has 1 aromatic rings. The van der Waals surface area contributed by atoms with Gasteiger partial charge in [-0.25, -0.2) is 8.42 Å². The van der Waals surface area contributed by atoms with Crippen LogP contribution in [0.3, 0.4) is 0 Å². The second kappa shape index (κ2) is 5.80. The summed E-state index contributed by atoms with van der Waals surface area (Å²) in [6.07, 6.45) is 1.34. The highest BCUT2D eigenvalue weighted by atomic mass is 32.2. The van der Waals surface area contributed by atoms with Crippen molar-refractivity contribution in [1.82, 2.24) is 9.62 Å². The SMILES string of the molecule is CNC(=O)C1CCCN(S(=O)(=O)c2cccc(O)c2)C1. The van der Waals surface area contributed by atoms with Gasteiger partial charge in [0.05, 0.1) is 10.8 Å². The van der Waals surface area contributed by atoms with Crippen LogP contribution in [0.25, 0.3) is 0 Å². The number of carbonyl (C=O) groups is 1. The molecule has 0 spiro atoms. The molecule has 0 aromatic heterocycles. The number of hydrogen-bond donors (Lipinski definition) is 2. The topological polar surface area (TPSA) is 86.7 Å². The van der Waals surface area contributed by atoms with Crippen molar-refractivity contribution in [3.63, 3.8) is 0 Å². The largest absolute Gasteiger partial charge is 0.508 e. The number of benzene rings is 1. The van der Waals surface area contributed by atoms with E-state index in [4.69, 9.17) is 0 Å². The first-order valence-corrected chi connectivity index (χ1v) is 7.90. The first-order valence-electron chi connectivity index (χ1n) is 6.46. The number of aromatic hydroxyl groups is 1. The molecule has 0 radical (unpaired) electrons. The van der Waals surface area contributed by atoms with Gasteiger partial charge >= 0.3 is 0 Å². The highest BCUT2D eigenvalue weighted by Gasteiger charge is 2.32. The number of piperidine rings is 1. The molecule has 1 atom stereocenters. The van der Waals surface area contributed by atoms with E-state index in [1.54, 1.807) is 7.05 Å². The molecule has 1 aliphatic rings. The van der Waals surface area contributed by atoms with Crippen molar-refractivity contribution in [2.75, 3.05) is 20.1 Å². The van der Waals surface area contributed by atoms with Gasteiger partial charge in [0.2, 0.25) is 15.9 Å². The van der Waals surface area contributed by atoms with Crippen molar-refractivity contribution < 1.29 is 18.3 Å². The fourth-order valence-corrected chi connectivity index (χ4v) is 3.94. The van der Waals surface area contributed by atoms with Crippen LogP contribution < -0.4 is 5.32 Å². The highest BCUT2D eigenvalue weighted by molar-refractivity contribution is 7.89. The summed E-state index contributed by atoms with van der Waals surface area (Å²) in [5, 5.41) is 12.0. The molecule has 6 nitrogen and oxygen atoms in total. The summed E-state index contributed by atoms with van der Waals surface area (Å²) in [7, 11) is -2.12. The van der Waals surface area contributed by atoms with E-state index in [2.05, 4.69) is 5.32 Å². The number of phenolic OH excluding ortho intramolecular Hbond substituents is 1. The van der Waals surface area contributed by atoms with E-state index in [-0.39, 0.29) is 29.0 Å². The summed E-state index contributed by atoms with van der Waals surface area (Å²) >= 11 is 0. The summed E-state index contributed by atoms with van der Waals surface area (Å²) in [5.74, 6) is -0.549. The van der Waals surface area contributed by atoms with E-state index >= 15 is 0 Å². The van der Waals surface area contributed by atoms with Crippen LogP contribution in [-0.2, 0) is 14.8 Å². The van der Waals surface area contributed by atoms with E-state index in [0.29, 0.717) is 19.4 Å². The molecule has 1 aromatic carbocycles. The Balaban J connectivity index is 2.23. The van der Waals surface area contributed by atoms with Gasteiger partial charge in [-0.05, 0) is 31.0 Å². The lowest BCUT2D eigenvalue weighted by atomic mass is 9.99. The monoisotopic (exact) mass is 298 g/mol. The Morgan fingerprint density at radius 1 is 1.45 bits per heavy atom. The summed E-state index contributed by atoms with van der Waals surface area (Å²) in [6, 6.07) is 5.57. The van der Waals surface area contributed by atoms with Gasteiger partial charge in [0.1, 0.15) is 5.75 Å². The smallest absolute Gasteiger partial charge is 0.243 e. The van der Waals surface area contributed by atoms with Gasteiger partial charge in [-0.2, -0.15) is 4.31 Å². The van der Waals surface area contributed by atoms with Crippen LogP contribution >= 0.6 is 0 Å². The molecule has 1 heterocycles. The fourth-order valence-electron chi connectivity index (χ4n) is 2.37. The molecule has 0 saturated carbocycles. The minimum atomic E-state index is -3.67. The molecule has 1 amide bonds. The van der Waals surface area contributed by atoms with Crippen LogP contribution in [0.1, 0.15) is 12.8 Å². The quantitative estimate of drug-likeness (QED) is 0.852. The maximum atomic E-state index is 12.5. The van der Waals surface area contributed by atoms with Gasteiger partial charge in [0.15, 0.2) is 0 Å². The van der Waals surface area contributed by atoms with Gasteiger partial charge in [-0.1, -0.05) is 6.07 Å². The fraction of sp³-hybridized carbons (Fsp3) is 0.462. The van der Waals surface area contributed by atoms with Crippen molar-refractivity contribution in [2.24, 2.45) is 5.92 Å². The number of hydrogen-bond acceptors (Lipinski definition) is 4. The maximum Gasteiger partial charge on any atom is 0.243 e. The highest BCUT2D eigenvalue weighted by Crippen LogP contribution is 2.25. The van der Waals surface area contributed by atoms with E-state index in [9.17, 15) is 18.3 Å². The Morgan fingerprint density at radius 3 is 2.85 bits per heavy atom. The van der Waals surface area contributed by atoms with Gasteiger partial charge in [0.25, 0.3) is 0 Å². The normalized spacial score (nSPS) is 20.6. The average molecular weight is 298 g/mol. The van der Waals surface area contributed by atoms with Crippen LogP contribution in [0.4, 0.5) is 0 Å². The van der Waals surface area contributed by atoms with Gasteiger partial charge in [0, 0.05) is 20.1 Å². The van der Waals surface area contributed by atoms with E-state index in [1.807, 2.05) is 0 Å². The zero-order valence-corrected chi connectivity index (χ0v) is 12.1. The second-order valence-electron chi connectivity index (χ2n) is 4.81. The molecule has 1 saturated heterocycles. The number of phenols is 1. The maximum absolute atomic E-state index is 12.5. The van der Waals surface area contributed by atoms with Crippen LogP contribution in [0.15, 0.2) is 29.2 Å². The van der Waals surface area contributed by atoms with Crippen molar-refractivity contribution in [1.29, 1.82) is 0 Å². The molecule has 1 unspecified atom stereocenters. The standard InChI is InChI=1S/C13H18N2O4S/c1-14-13(17)10-4-3-7-15(9-10)20(18,19)12-6-2-5-11(16)8-12/h2,5-6,8,10,16H,3-4,7,9H2,1H3,(H,14,17). The lowest BCUT2D eigenvalue weighted by Gasteiger charge is -2.30. The molecule has 7 heteroatoms. The minimum Gasteiger partial charge on any atom is -0.508 e. The molecule has 2 rings (SSSR count). The molecular weight excluding hydrogens is 280 g/mol. The van der Waals surface area contributed by atoms with Crippen molar-refractivity contribution in [3.8, 4) is 5.75 Å². The number of sulfonamides is 1. The number of carbonyl (C=O) groups excluding carboxylic acids is 1. The van der Waals surface area contributed by atoms with Crippen LogP contribution in [-0.4, -0.2) is 43.9 Å². The predicted octanol–water partition coefficient (Wildman–Crippen LogP) is 0.539. The summed E-state index contributed by atoms with van der Waals surface area (Å²) in [6.45, 7) is 0.573. The first-order chi connectivity index (χ1) is 9.45. The summed E-state index contributed by atoms with van der Waals surface area (Å²) < 4.78 is 26.3. The molecular formula is C13H18N2O4S. The number of amides is 1. The van der Waals surface area contributed by atoms with Crippen molar-refractivity contribution >= 4 is 15.9 Å². The van der Waals surface area contributed by atoms with E-state index in [0.717, 1.165) is 0 Å². The molecule has 20 heavy (non-hydrogen) atoms. The molecule has 1 fully saturated rings. The number of nitrogens with one attached hydrogen (secondary N) is 1. The van der Waals surface area contributed by atoms with Gasteiger partial charge in [-0.3, -0.25) is 4.79 Å². The molecule has 2 N–H and O–H groups in total. The average Bonchev–Trinajstić information content (AvgIpc) is 2.46. The van der Waals surface area contributed by atoms with Crippen LogP contribution in [0.2, 0.25) is 0 Å². The lowest BCUT2D eigenvalue weighted by molar-refractivity contribution is -0.125.